The van der Waals surface area contributed by atoms with Crippen LogP contribution in [0.3, 0.4) is 0 Å². The van der Waals surface area contributed by atoms with E-state index in [-0.39, 0.29) is 0 Å². The van der Waals surface area contributed by atoms with E-state index in [1.54, 1.807) is 0 Å². The molecule has 2 N–H and O–H groups in total. The number of hydrogen-bond donors (Lipinski definition) is 1. The van der Waals surface area contributed by atoms with Crippen LogP contribution in [0.25, 0.3) is 0 Å². The van der Waals surface area contributed by atoms with Crippen LogP contribution in [0.5, 0.6) is 0 Å². The predicted octanol–water partition coefficient (Wildman–Crippen LogP) is 1.16. The lowest BCUT2D eigenvalue weighted by molar-refractivity contribution is 0.222. The van der Waals surface area contributed by atoms with E-state index >= 15 is 0 Å². The van der Waals surface area contributed by atoms with Crippen LogP contribution in [-0.4, -0.2) is 42.1 Å². The lowest BCUT2D eigenvalue weighted by Gasteiger charge is -2.26. The molecule has 0 aromatic rings. The molecule has 0 aromatic carbocycles. The average Bonchev–Trinajstić information content (AvgIpc) is 2.59. The minimum Gasteiger partial charge on any atom is -0.330 e. The molecule has 0 unspecified atom stereocenters. The van der Waals surface area contributed by atoms with Gasteiger partial charge in [-0.3, -0.25) is 4.90 Å². The monoisotopic (exact) mass is 188 g/mol. The molecular weight excluding hydrogens is 168 g/mol. The van der Waals surface area contributed by atoms with Crippen LogP contribution in [0.2, 0.25) is 0 Å². The molecule has 0 aromatic heterocycles. The van der Waals surface area contributed by atoms with Gasteiger partial charge in [-0.05, 0) is 38.2 Å². The molecule has 12 heavy (non-hydrogen) atoms. The summed E-state index contributed by atoms with van der Waals surface area (Å²) in [7, 11) is 0. The van der Waals surface area contributed by atoms with E-state index in [2.05, 4.69) is 23.6 Å². The SMILES string of the molecule is CCN(CCCN)[C@H]1CCSC1. The molecule has 0 aliphatic carbocycles. The van der Waals surface area contributed by atoms with Crippen LogP contribution in [0, 0.1) is 0 Å². The van der Waals surface area contributed by atoms with Crippen molar-refractivity contribution in [3.63, 3.8) is 0 Å². The van der Waals surface area contributed by atoms with Crippen molar-refractivity contribution in [2.45, 2.75) is 25.8 Å². The van der Waals surface area contributed by atoms with E-state index < -0.39 is 0 Å². The number of hydrogen-bond acceptors (Lipinski definition) is 3. The Hall–Kier alpha value is 0.270. The molecule has 1 aliphatic rings. The Labute approximate surface area is 79.9 Å². The molecule has 72 valence electrons. The fourth-order valence-corrected chi connectivity index (χ4v) is 2.96. The van der Waals surface area contributed by atoms with E-state index in [0.29, 0.717) is 0 Å². The van der Waals surface area contributed by atoms with Crippen molar-refractivity contribution in [2.75, 3.05) is 31.1 Å². The Morgan fingerprint density at radius 2 is 2.42 bits per heavy atom. The summed E-state index contributed by atoms with van der Waals surface area (Å²) in [5, 5.41) is 0. The zero-order valence-electron chi connectivity index (χ0n) is 7.96. The van der Waals surface area contributed by atoms with Gasteiger partial charge in [0, 0.05) is 11.8 Å². The predicted molar refractivity (Wildman–Crippen MR) is 56.6 cm³/mol. The van der Waals surface area contributed by atoms with Crippen molar-refractivity contribution in [3.8, 4) is 0 Å². The minimum absolute atomic E-state index is 0.830. The second-order valence-electron chi connectivity index (χ2n) is 3.29. The summed E-state index contributed by atoms with van der Waals surface area (Å²) in [6.45, 7) is 5.46. The fraction of sp³-hybridized carbons (Fsp3) is 1.00. The summed E-state index contributed by atoms with van der Waals surface area (Å²) in [5.74, 6) is 2.68. The third-order valence-electron chi connectivity index (χ3n) is 2.48. The van der Waals surface area contributed by atoms with Crippen molar-refractivity contribution in [1.29, 1.82) is 0 Å². The van der Waals surface area contributed by atoms with Crippen LogP contribution in [-0.2, 0) is 0 Å². The van der Waals surface area contributed by atoms with Gasteiger partial charge in [-0.1, -0.05) is 6.92 Å². The Balaban J connectivity index is 2.22. The second kappa shape index (κ2) is 5.84. The molecule has 0 amide bonds. The van der Waals surface area contributed by atoms with Crippen LogP contribution < -0.4 is 5.73 Å². The fourth-order valence-electron chi connectivity index (χ4n) is 1.70. The maximum atomic E-state index is 5.50. The molecule has 0 saturated carbocycles. The highest BCUT2D eigenvalue weighted by atomic mass is 32.2. The zero-order valence-corrected chi connectivity index (χ0v) is 8.78. The lowest BCUT2D eigenvalue weighted by atomic mass is 10.2. The third kappa shape index (κ3) is 2.96. The molecule has 0 radical (unpaired) electrons. The summed E-state index contributed by atoms with van der Waals surface area (Å²) in [6.07, 6.45) is 2.53. The van der Waals surface area contributed by atoms with E-state index in [9.17, 15) is 0 Å². The van der Waals surface area contributed by atoms with Gasteiger partial charge in [-0.25, -0.2) is 0 Å². The smallest absolute Gasteiger partial charge is 0.0194 e. The number of nitrogens with two attached hydrogens (primary N) is 1. The minimum atomic E-state index is 0.830. The maximum Gasteiger partial charge on any atom is 0.0194 e. The number of nitrogens with zero attached hydrogens (tertiary/aromatic N) is 1. The highest BCUT2D eigenvalue weighted by Crippen LogP contribution is 2.21. The maximum absolute atomic E-state index is 5.50. The van der Waals surface area contributed by atoms with Crippen molar-refractivity contribution in [2.24, 2.45) is 5.73 Å². The first kappa shape index (κ1) is 10.4. The number of thioether (sulfide) groups is 1. The first-order chi connectivity index (χ1) is 5.88. The van der Waals surface area contributed by atoms with E-state index in [0.717, 1.165) is 19.0 Å². The molecule has 1 atom stereocenters. The standard InChI is InChI=1S/C9H20N2S/c1-2-11(6-3-5-10)9-4-7-12-8-9/h9H,2-8,10H2,1H3/t9-/m0/s1. The van der Waals surface area contributed by atoms with E-state index in [1.807, 2.05) is 0 Å². The first-order valence-corrected chi connectivity index (χ1v) is 6.05. The van der Waals surface area contributed by atoms with Crippen LogP contribution in [0.15, 0.2) is 0 Å². The molecule has 3 heteroatoms. The first-order valence-electron chi connectivity index (χ1n) is 4.90. The van der Waals surface area contributed by atoms with Gasteiger partial charge in [-0.2, -0.15) is 11.8 Å². The molecule has 1 fully saturated rings. The van der Waals surface area contributed by atoms with Crippen molar-refractivity contribution in [3.05, 3.63) is 0 Å². The average molecular weight is 188 g/mol. The molecule has 1 rings (SSSR count). The van der Waals surface area contributed by atoms with Crippen LogP contribution in [0.1, 0.15) is 19.8 Å². The summed E-state index contributed by atoms with van der Waals surface area (Å²) < 4.78 is 0. The lowest BCUT2D eigenvalue weighted by Crippen LogP contribution is -2.36. The Kier molecular flexibility index (Phi) is 5.04. The quantitative estimate of drug-likeness (QED) is 0.702. The topological polar surface area (TPSA) is 29.3 Å². The summed E-state index contributed by atoms with van der Waals surface area (Å²) in [6, 6.07) is 0.839. The van der Waals surface area contributed by atoms with Gasteiger partial charge in [0.15, 0.2) is 0 Å². The van der Waals surface area contributed by atoms with Crippen LogP contribution in [0.4, 0.5) is 0 Å². The molecule has 0 bridgehead atoms. The zero-order chi connectivity index (χ0) is 8.81. The van der Waals surface area contributed by atoms with Crippen LogP contribution >= 0.6 is 11.8 Å². The van der Waals surface area contributed by atoms with Crippen molar-refractivity contribution in [1.82, 2.24) is 4.90 Å². The highest BCUT2D eigenvalue weighted by molar-refractivity contribution is 7.99. The Bertz CT molecular complexity index is 113. The van der Waals surface area contributed by atoms with E-state index in [4.69, 9.17) is 5.73 Å². The van der Waals surface area contributed by atoms with Gasteiger partial charge in [-0.15, -0.1) is 0 Å². The third-order valence-corrected chi connectivity index (χ3v) is 3.62. The molecule has 0 spiro atoms. The van der Waals surface area contributed by atoms with Gasteiger partial charge < -0.3 is 5.73 Å². The second-order valence-corrected chi connectivity index (χ2v) is 4.44. The molecular formula is C9H20N2S. The Morgan fingerprint density at radius 1 is 1.58 bits per heavy atom. The summed E-state index contributed by atoms with van der Waals surface area (Å²) >= 11 is 2.09. The molecule has 1 heterocycles. The van der Waals surface area contributed by atoms with Gasteiger partial charge in [0.2, 0.25) is 0 Å². The highest BCUT2D eigenvalue weighted by Gasteiger charge is 2.20. The summed E-state index contributed by atoms with van der Waals surface area (Å²) in [4.78, 5) is 2.58. The normalized spacial score (nSPS) is 23.8. The number of rotatable bonds is 5. The largest absolute Gasteiger partial charge is 0.330 e. The molecule has 2 nitrogen and oxygen atoms in total. The van der Waals surface area contributed by atoms with Gasteiger partial charge in [0.05, 0.1) is 0 Å². The van der Waals surface area contributed by atoms with Crippen molar-refractivity contribution < 1.29 is 0 Å². The molecule has 1 saturated heterocycles. The van der Waals surface area contributed by atoms with Gasteiger partial charge in [0.1, 0.15) is 0 Å². The summed E-state index contributed by atoms with van der Waals surface area (Å²) in [5.41, 5.74) is 5.50. The van der Waals surface area contributed by atoms with E-state index in [1.165, 1.54) is 31.0 Å². The Morgan fingerprint density at radius 3 is 2.92 bits per heavy atom. The van der Waals surface area contributed by atoms with Gasteiger partial charge in [0.25, 0.3) is 0 Å². The van der Waals surface area contributed by atoms with Crippen molar-refractivity contribution >= 4 is 11.8 Å². The van der Waals surface area contributed by atoms with Gasteiger partial charge >= 0.3 is 0 Å². The molecule has 1 aliphatic heterocycles.